The Kier molecular flexibility index (Phi) is 5.25. The Labute approximate surface area is 171 Å². The number of esters is 1. The molecule has 9 heteroatoms. The first-order valence-electron chi connectivity index (χ1n) is 9.33. The number of nitrogens with one attached hydrogen (secondary N) is 1. The van der Waals surface area contributed by atoms with Crippen molar-refractivity contribution in [2.24, 2.45) is 0 Å². The zero-order chi connectivity index (χ0) is 20.5. The molecule has 8 nitrogen and oxygen atoms in total. The molecular weight excluding hydrogens is 392 g/mol. The molecule has 1 fully saturated rings. The van der Waals surface area contributed by atoms with E-state index >= 15 is 0 Å². The van der Waals surface area contributed by atoms with Gasteiger partial charge in [-0.2, -0.15) is 0 Å². The number of aromatic amines is 1. The summed E-state index contributed by atoms with van der Waals surface area (Å²) in [6.45, 7) is 5.64. The molecule has 0 spiro atoms. The van der Waals surface area contributed by atoms with Gasteiger partial charge in [0.2, 0.25) is 0 Å². The van der Waals surface area contributed by atoms with Gasteiger partial charge in [-0.05, 0) is 36.8 Å². The summed E-state index contributed by atoms with van der Waals surface area (Å²) in [7, 11) is 1.33. The third-order valence-corrected chi connectivity index (χ3v) is 6.35. The number of methoxy groups -OCH3 is 1. The third-order valence-electron chi connectivity index (χ3n) is 5.18. The lowest BCUT2D eigenvalue weighted by molar-refractivity contribution is 0.0605. The van der Waals surface area contributed by atoms with Crippen LogP contribution in [0.15, 0.2) is 29.1 Å². The van der Waals surface area contributed by atoms with Crippen molar-refractivity contribution in [3.05, 3.63) is 50.9 Å². The Morgan fingerprint density at radius 2 is 1.93 bits per heavy atom. The van der Waals surface area contributed by atoms with Gasteiger partial charge < -0.3 is 19.7 Å². The van der Waals surface area contributed by atoms with Gasteiger partial charge in [0.25, 0.3) is 5.56 Å². The minimum Gasteiger partial charge on any atom is -0.508 e. The number of benzene rings is 1. The van der Waals surface area contributed by atoms with Crippen LogP contribution in [0.5, 0.6) is 5.75 Å². The maximum atomic E-state index is 12.6. The normalized spacial score (nSPS) is 15.0. The Morgan fingerprint density at radius 1 is 1.24 bits per heavy atom. The summed E-state index contributed by atoms with van der Waals surface area (Å²) in [5.41, 5.74) is 1.47. The molecule has 29 heavy (non-hydrogen) atoms. The highest BCUT2D eigenvalue weighted by Gasteiger charge is 2.22. The van der Waals surface area contributed by atoms with E-state index in [1.54, 1.807) is 19.1 Å². The molecule has 0 unspecified atom stereocenters. The second kappa shape index (κ2) is 7.84. The van der Waals surface area contributed by atoms with E-state index in [9.17, 15) is 14.7 Å². The van der Waals surface area contributed by atoms with Crippen molar-refractivity contribution >= 4 is 33.2 Å². The van der Waals surface area contributed by atoms with E-state index in [0.717, 1.165) is 31.9 Å². The lowest BCUT2D eigenvalue weighted by atomic mass is 10.2. The van der Waals surface area contributed by atoms with Gasteiger partial charge in [0.15, 0.2) is 0 Å². The number of nitrogens with zero attached hydrogens (tertiary/aromatic N) is 3. The van der Waals surface area contributed by atoms with Crippen LogP contribution in [-0.2, 0) is 11.3 Å². The van der Waals surface area contributed by atoms with Crippen LogP contribution in [0.4, 0.5) is 5.69 Å². The van der Waals surface area contributed by atoms with E-state index in [-0.39, 0.29) is 11.3 Å². The van der Waals surface area contributed by atoms with E-state index in [1.807, 2.05) is 12.1 Å². The smallest absolute Gasteiger partial charge is 0.348 e. The number of phenolic OH excluding ortho intramolecular Hbond substituents is 1. The average molecular weight is 414 g/mol. The quantitative estimate of drug-likeness (QED) is 0.631. The molecular formula is C20H22N4O4S. The molecule has 0 aliphatic carbocycles. The Balaban J connectivity index is 1.48. The number of phenols is 1. The van der Waals surface area contributed by atoms with Crippen LogP contribution in [0.2, 0.25) is 0 Å². The highest BCUT2D eigenvalue weighted by atomic mass is 32.1. The highest BCUT2D eigenvalue weighted by molar-refractivity contribution is 7.20. The number of aryl methyl sites for hydroxylation is 1. The average Bonchev–Trinajstić information content (AvgIpc) is 3.05. The van der Waals surface area contributed by atoms with Gasteiger partial charge in [0.05, 0.1) is 19.0 Å². The molecule has 3 heterocycles. The van der Waals surface area contributed by atoms with E-state index in [1.165, 1.54) is 18.4 Å². The maximum absolute atomic E-state index is 12.6. The van der Waals surface area contributed by atoms with Crippen LogP contribution in [0, 0.1) is 6.92 Å². The SMILES string of the molecule is COC(=O)c1sc2nc(CN3CCN(c4ccc(O)cc4)CC3)[nH]c(=O)c2c1C. The lowest BCUT2D eigenvalue weighted by Crippen LogP contribution is -2.46. The summed E-state index contributed by atoms with van der Waals surface area (Å²) >= 11 is 1.19. The number of fused-ring (bicyclic) bond motifs is 1. The van der Waals surface area contributed by atoms with Gasteiger partial charge in [0.1, 0.15) is 21.3 Å². The summed E-state index contributed by atoms with van der Waals surface area (Å²) < 4.78 is 4.80. The van der Waals surface area contributed by atoms with E-state index in [2.05, 4.69) is 19.8 Å². The van der Waals surface area contributed by atoms with Crippen LogP contribution >= 0.6 is 11.3 Å². The topological polar surface area (TPSA) is 98.8 Å². The fraction of sp³-hybridized carbons (Fsp3) is 0.350. The molecule has 1 saturated heterocycles. The van der Waals surface area contributed by atoms with Crippen molar-refractivity contribution in [2.75, 3.05) is 38.2 Å². The Hall–Kier alpha value is -2.91. The number of H-pyrrole nitrogens is 1. The highest BCUT2D eigenvalue weighted by Crippen LogP contribution is 2.27. The van der Waals surface area contributed by atoms with Gasteiger partial charge in [-0.3, -0.25) is 9.69 Å². The molecule has 0 saturated carbocycles. The zero-order valence-corrected chi connectivity index (χ0v) is 17.1. The van der Waals surface area contributed by atoms with Crippen LogP contribution in [0.25, 0.3) is 10.2 Å². The molecule has 152 valence electrons. The molecule has 2 N–H and O–H groups in total. The van der Waals surface area contributed by atoms with Crippen molar-refractivity contribution in [3.63, 3.8) is 0 Å². The van der Waals surface area contributed by atoms with Crippen LogP contribution in [0.1, 0.15) is 21.1 Å². The van der Waals surface area contributed by atoms with E-state index in [0.29, 0.717) is 33.0 Å². The number of carbonyl (C=O) groups excluding carboxylic acids is 1. The maximum Gasteiger partial charge on any atom is 0.348 e. The van der Waals surface area contributed by atoms with Crippen molar-refractivity contribution in [2.45, 2.75) is 13.5 Å². The predicted molar refractivity (Wildman–Crippen MR) is 112 cm³/mol. The van der Waals surface area contributed by atoms with E-state index < -0.39 is 5.97 Å². The minimum atomic E-state index is -0.447. The third kappa shape index (κ3) is 3.83. The number of aromatic nitrogens is 2. The Morgan fingerprint density at radius 3 is 2.59 bits per heavy atom. The number of carbonyl (C=O) groups is 1. The first-order valence-corrected chi connectivity index (χ1v) is 10.1. The van der Waals surface area contributed by atoms with E-state index in [4.69, 9.17) is 4.74 Å². The fourth-order valence-corrected chi connectivity index (χ4v) is 4.71. The number of anilines is 1. The molecule has 0 amide bonds. The summed E-state index contributed by atoms with van der Waals surface area (Å²) in [6.07, 6.45) is 0. The largest absolute Gasteiger partial charge is 0.508 e. The molecule has 0 bridgehead atoms. The van der Waals surface area contributed by atoms with Gasteiger partial charge in [-0.15, -0.1) is 11.3 Å². The van der Waals surface area contributed by atoms with Gasteiger partial charge >= 0.3 is 5.97 Å². The van der Waals surface area contributed by atoms with Crippen molar-refractivity contribution in [3.8, 4) is 5.75 Å². The lowest BCUT2D eigenvalue weighted by Gasteiger charge is -2.35. The summed E-state index contributed by atoms with van der Waals surface area (Å²) in [4.78, 5) is 37.4. The summed E-state index contributed by atoms with van der Waals surface area (Å²) in [5, 5.41) is 9.89. The van der Waals surface area contributed by atoms with Crippen LogP contribution in [0.3, 0.4) is 0 Å². The minimum absolute atomic E-state index is 0.225. The standard InChI is InChI=1S/C20H22N4O4S/c1-12-16-18(26)21-15(22-19(16)29-17(12)20(27)28-2)11-23-7-9-24(10-8-23)13-3-5-14(25)6-4-13/h3-6,25H,7-11H2,1-2H3,(H,21,22,26). The zero-order valence-electron chi connectivity index (χ0n) is 16.3. The number of hydrogen-bond acceptors (Lipinski definition) is 8. The predicted octanol–water partition coefficient (Wildman–Crippen LogP) is 2.11. The molecule has 2 aromatic heterocycles. The van der Waals surface area contributed by atoms with Gasteiger partial charge in [0, 0.05) is 31.9 Å². The van der Waals surface area contributed by atoms with Gasteiger partial charge in [-0.25, -0.2) is 9.78 Å². The van der Waals surface area contributed by atoms with Gasteiger partial charge in [-0.1, -0.05) is 0 Å². The van der Waals surface area contributed by atoms with Crippen molar-refractivity contribution < 1.29 is 14.6 Å². The van der Waals surface area contributed by atoms with Crippen molar-refractivity contribution in [1.82, 2.24) is 14.9 Å². The molecule has 3 aromatic rings. The second-order valence-electron chi connectivity index (χ2n) is 7.02. The molecule has 0 radical (unpaired) electrons. The summed E-state index contributed by atoms with van der Waals surface area (Å²) in [6, 6.07) is 7.21. The first-order chi connectivity index (χ1) is 14.0. The number of ether oxygens (including phenoxy) is 1. The summed E-state index contributed by atoms with van der Waals surface area (Å²) in [5.74, 6) is 0.409. The second-order valence-corrected chi connectivity index (χ2v) is 8.02. The molecule has 0 atom stereocenters. The van der Waals surface area contributed by atoms with Crippen LogP contribution < -0.4 is 10.5 Å². The van der Waals surface area contributed by atoms with Crippen LogP contribution in [-0.4, -0.2) is 59.2 Å². The molecule has 4 rings (SSSR count). The number of aromatic hydroxyl groups is 1. The number of thiophene rings is 1. The number of piperazine rings is 1. The van der Waals surface area contributed by atoms with Crippen molar-refractivity contribution in [1.29, 1.82) is 0 Å². The number of rotatable bonds is 4. The fourth-order valence-electron chi connectivity index (χ4n) is 3.59. The molecule has 1 aliphatic rings. The number of hydrogen-bond donors (Lipinski definition) is 2. The monoisotopic (exact) mass is 414 g/mol. The molecule has 1 aromatic carbocycles. The first kappa shape index (κ1) is 19.4. The Bertz CT molecular complexity index is 1100. The molecule has 1 aliphatic heterocycles.